The number of thiophene rings is 1. The molecule has 0 aliphatic carbocycles. The summed E-state index contributed by atoms with van der Waals surface area (Å²) in [6.07, 6.45) is 0. The molecule has 0 unspecified atom stereocenters. The predicted molar refractivity (Wildman–Crippen MR) is 86.4 cm³/mol. The number of benzene rings is 1. The minimum atomic E-state index is -3.65. The quantitative estimate of drug-likeness (QED) is 0.792. The molecule has 0 bridgehead atoms. The molecule has 0 atom stereocenters. The van der Waals surface area contributed by atoms with E-state index in [2.05, 4.69) is 20.7 Å². The Balaban J connectivity index is 2.30. The zero-order valence-corrected chi connectivity index (χ0v) is 14.4. The van der Waals surface area contributed by atoms with Gasteiger partial charge in [0.05, 0.1) is 13.2 Å². The van der Waals surface area contributed by atoms with Crippen LogP contribution >= 0.6 is 27.3 Å². The van der Waals surface area contributed by atoms with Crippen molar-refractivity contribution in [2.45, 2.75) is 17.7 Å². The Morgan fingerprint density at radius 1 is 1.38 bits per heavy atom. The summed E-state index contributed by atoms with van der Waals surface area (Å²) in [5, 5.41) is 11.0. The first-order chi connectivity index (χ1) is 9.97. The van der Waals surface area contributed by atoms with Gasteiger partial charge in [-0.25, -0.2) is 8.42 Å². The Morgan fingerprint density at radius 2 is 2.14 bits per heavy atom. The highest BCUT2D eigenvalue weighted by Gasteiger charge is 2.19. The molecule has 0 spiro atoms. The lowest BCUT2D eigenvalue weighted by Crippen LogP contribution is -2.12. The average Bonchev–Trinajstić information content (AvgIpc) is 2.87. The number of aliphatic hydroxyl groups excluding tert-OH is 1. The predicted octanol–water partition coefficient (Wildman–Crippen LogP) is 3.20. The largest absolute Gasteiger partial charge is 0.494 e. The van der Waals surface area contributed by atoms with Crippen molar-refractivity contribution in [2.24, 2.45) is 0 Å². The molecule has 21 heavy (non-hydrogen) atoms. The molecule has 0 saturated heterocycles. The van der Waals surface area contributed by atoms with Gasteiger partial charge in [-0.3, -0.25) is 4.72 Å². The summed E-state index contributed by atoms with van der Waals surface area (Å²) in [5.74, 6) is 0.542. The highest BCUT2D eigenvalue weighted by atomic mass is 79.9. The van der Waals surface area contributed by atoms with E-state index in [9.17, 15) is 13.5 Å². The summed E-state index contributed by atoms with van der Waals surface area (Å²) in [4.78, 5) is 0. The first-order valence-electron chi connectivity index (χ1n) is 6.10. The minimum absolute atomic E-state index is 0.210. The van der Waals surface area contributed by atoms with Crippen molar-refractivity contribution in [3.63, 3.8) is 0 Å². The van der Waals surface area contributed by atoms with Crippen LogP contribution in [0, 0.1) is 0 Å². The van der Waals surface area contributed by atoms with E-state index in [4.69, 9.17) is 4.74 Å². The number of halogens is 1. The lowest BCUT2D eigenvalue weighted by Gasteiger charge is -2.12. The lowest BCUT2D eigenvalue weighted by molar-refractivity contribution is 0.267. The molecule has 2 rings (SSSR count). The van der Waals surface area contributed by atoms with Crippen molar-refractivity contribution >= 4 is 43.0 Å². The molecule has 0 fully saturated rings. The van der Waals surface area contributed by atoms with Crippen molar-refractivity contribution in [3.05, 3.63) is 39.7 Å². The maximum absolute atomic E-state index is 12.3. The SMILES string of the molecule is CCOc1ccc(NS(=O)(=O)c2sccc2Br)cc1CO. The Labute approximate surface area is 135 Å². The molecule has 0 aliphatic heterocycles. The van der Waals surface area contributed by atoms with E-state index < -0.39 is 10.0 Å². The molecule has 0 radical (unpaired) electrons. The van der Waals surface area contributed by atoms with E-state index in [1.807, 2.05) is 6.92 Å². The second-order valence-electron chi connectivity index (χ2n) is 4.08. The van der Waals surface area contributed by atoms with E-state index in [-0.39, 0.29) is 10.8 Å². The van der Waals surface area contributed by atoms with E-state index in [0.29, 0.717) is 28.1 Å². The van der Waals surface area contributed by atoms with Crippen molar-refractivity contribution in [1.82, 2.24) is 0 Å². The fourth-order valence-electron chi connectivity index (χ4n) is 1.74. The fourth-order valence-corrected chi connectivity index (χ4v) is 5.12. The van der Waals surface area contributed by atoms with Gasteiger partial charge in [-0.05, 0) is 52.5 Å². The maximum atomic E-state index is 12.3. The second-order valence-corrected chi connectivity index (χ2v) is 7.72. The van der Waals surface area contributed by atoms with Gasteiger partial charge in [0.2, 0.25) is 0 Å². The van der Waals surface area contributed by atoms with Crippen LogP contribution in [0.25, 0.3) is 0 Å². The maximum Gasteiger partial charge on any atom is 0.272 e. The van der Waals surface area contributed by atoms with Gasteiger partial charge in [0.15, 0.2) is 4.21 Å². The summed E-state index contributed by atoms with van der Waals surface area (Å²) in [6, 6.07) is 6.47. The molecular formula is C13H14BrNO4S2. The number of hydrogen-bond donors (Lipinski definition) is 2. The molecule has 5 nitrogen and oxygen atoms in total. The average molecular weight is 392 g/mol. The van der Waals surface area contributed by atoms with Crippen LogP contribution in [0.1, 0.15) is 12.5 Å². The number of rotatable bonds is 6. The van der Waals surface area contributed by atoms with Crippen molar-refractivity contribution in [3.8, 4) is 5.75 Å². The van der Waals surface area contributed by atoms with Gasteiger partial charge in [0, 0.05) is 15.7 Å². The van der Waals surface area contributed by atoms with E-state index in [1.165, 1.54) is 0 Å². The smallest absolute Gasteiger partial charge is 0.272 e. The molecule has 0 amide bonds. The van der Waals surface area contributed by atoms with Crippen LogP contribution in [0.15, 0.2) is 38.3 Å². The zero-order chi connectivity index (χ0) is 15.5. The number of aliphatic hydroxyl groups is 1. The summed E-state index contributed by atoms with van der Waals surface area (Å²) in [7, 11) is -3.65. The Morgan fingerprint density at radius 3 is 2.71 bits per heavy atom. The molecule has 114 valence electrons. The molecule has 1 heterocycles. The van der Waals surface area contributed by atoms with Crippen molar-refractivity contribution in [1.29, 1.82) is 0 Å². The van der Waals surface area contributed by atoms with Gasteiger partial charge in [-0.15, -0.1) is 11.3 Å². The van der Waals surface area contributed by atoms with Crippen LogP contribution in [-0.2, 0) is 16.6 Å². The molecule has 1 aromatic heterocycles. The molecule has 0 saturated carbocycles. The van der Waals surface area contributed by atoms with Crippen LogP contribution in [-0.4, -0.2) is 20.1 Å². The van der Waals surface area contributed by atoms with Gasteiger partial charge in [-0.2, -0.15) is 0 Å². The third-order valence-electron chi connectivity index (χ3n) is 2.61. The number of anilines is 1. The van der Waals surface area contributed by atoms with Crippen molar-refractivity contribution in [2.75, 3.05) is 11.3 Å². The lowest BCUT2D eigenvalue weighted by atomic mass is 10.2. The highest BCUT2D eigenvalue weighted by molar-refractivity contribution is 9.10. The first-order valence-corrected chi connectivity index (χ1v) is 9.26. The van der Waals surface area contributed by atoms with Gasteiger partial charge in [0.1, 0.15) is 5.75 Å². The molecular weight excluding hydrogens is 378 g/mol. The molecule has 2 aromatic rings. The topological polar surface area (TPSA) is 75.6 Å². The van der Waals surface area contributed by atoms with Crippen LogP contribution in [0.4, 0.5) is 5.69 Å². The zero-order valence-electron chi connectivity index (χ0n) is 11.2. The van der Waals surface area contributed by atoms with Gasteiger partial charge >= 0.3 is 0 Å². The van der Waals surface area contributed by atoms with Gasteiger partial charge in [-0.1, -0.05) is 0 Å². The second kappa shape index (κ2) is 6.78. The third kappa shape index (κ3) is 3.76. The van der Waals surface area contributed by atoms with Gasteiger partial charge in [0.25, 0.3) is 10.0 Å². The summed E-state index contributed by atoms with van der Waals surface area (Å²) >= 11 is 4.33. The number of ether oxygens (including phenoxy) is 1. The number of nitrogens with one attached hydrogen (secondary N) is 1. The third-order valence-corrected chi connectivity index (χ3v) is 6.66. The van der Waals surface area contributed by atoms with Crippen LogP contribution in [0.2, 0.25) is 0 Å². The van der Waals surface area contributed by atoms with Crippen LogP contribution < -0.4 is 9.46 Å². The number of hydrogen-bond acceptors (Lipinski definition) is 5. The fraction of sp³-hybridized carbons (Fsp3) is 0.231. The molecule has 2 N–H and O–H groups in total. The summed E-state index contributed by atoms with van der Waals surface area (Å²) < 4.78 is 33.1. The minimum Gasteiger partial charge on any atom is -0.494 e. The monoisotopic (exact) mass is 391 g/mol. The molecule has 8 heteroatoms. The normalized spacial score (nSPS) is 11.4. The Hall–Kier alpha value is -1.09. The van der Waals surface area contributed by atoms with E-state index in [0.717, 1.165) is 11.3 Å². The van der Waals surface area contributed by atoms with E-state index in [1.54, 1.807) is 29.6 Å². The Kier molecular flexibility index (Phi) is 5.26. The number of sulfonamides is 1. The summed E-state index contributed by atoms with van der Waals surface area (Å²) in [6.45, 7) is 2.08. The standard InChI is InChI=1S/C13H14BrNO4S2/c1-2-19-12-4-3-10(7-9(12)8-16)15-21(17,18)13-11(14)5-6-20-13/h3-7,15-16H,2,8H2,1H3. The van der Waals surface area contributed by atoms with Crippen LogP contribution in [0.3, 0.4) is 0 Å². The Bertz CT molecular complexity index is 728. The first kappa shape index (κ1) is 16.3. The van der Waals surface area contributed by atoms with Gasteiger partial charge < -0.3 is 9.84 Å². The molecule has 0 aliphatic rings. The molecule has 1 aromatic carbocycles. The van der Waals surface area contributed by atoms with E-state index >= 15 is 0 Å². The van der Waals surface area contributed by atoms with Crippen molar-refractivity contribution < 1.29 is 18.3 Å². The van der Waals surface area contributed by atoms with Crippen LogP contribution in [0.5, 0.6) is 5.75 Å². The highest BCUT2D eigenvalue weighted by Crippen LogP contribution is 2.30. The summed E-state index contributed by atoms with van der Waals surface area (Å²) in [5.41, 5.74) is 0.907.